The molecule has 1 N–H and O–H groups in total. The lowest BCUT2D eigenvalue weighted by Gasteiger charge is -2.31. The van der Waals surface area contributed by atoms with Gasteiger partial charge in [0.05, 0.1) is 5.75 Å². The highest BCUT2D eigenvalue weighted by molar-refractivity contribution is 8.00. The molecule has 2 amide bonds. The molecular formula is C27H28Cl2N2O2S. The van der Waals surface area contributed by atoms with Crippen molar-refractivity contribution in [2.75, 3.05) is 12.3 Å². The highest BCUT2D eigenvalue weighted by Crippen LogP contribution is 2.23. The minimum atomic E-state index is -0.647. The Balaban J connectivity index is 1.88. The molecule has 3 rings (SSSR count). The van der Waals surface area contributed by atoms with Crippen molar-refractivity contribution in [3.63, 3.8) is 0 Å². The van der Waals surface area contributed by atoms with E-state index in [0.29, 0.717) is 23.0 Å². The van der Waals surface area contributed by atoms with Gasteiger partial charge in [0.1, 0.15) is 6.04 Å². The molecule has 0 aliphatic rings. The van der Waals surface area contributed by atoms with Crippen LogP contribution in [0.2, 0.25) is 10.0 Å². The van der Waals surface area contributed by atoms with Gasteiger partial charge in [0.25, 0.3) is 0 Å². The van der Waals surface area contributed by atoms with Crippen LogP contribution in [0.1, 0.15) is 24.5 Å². The Bertz CT molecular complexity index is 1080. The molecule has 0 saturated carbocycles. The zero-order chi connectivity index (χ0) is 24.3. The number of carbonyl (C=O) groups is 2. The molecule has 0 spiro atoms. The van der Waals surface area contributed by atoms with Crippen molar-refractivity contribution < 1.29 is 9.59 Å². The maximum Gasteiger partial charge on any atom is 0.243 e. The molecule has 3 aromatic rings. The second-order valence-electron chi connectivity index (χ2n) is 7.89. The molecule has 0 heterocycles. The lowest BCUT2D eigenvalue weighted by atomic mass is 10.0. The Morgan fingerprint density at radius 1 is 0.912 bits per heavy atom. The normalized spacial score (nSPS) is 11.6. The summed E-state index contributed by atoms with van der Waals surface area (Å²) in [4.78, 5) is 29.4. The quantitative estimate of drug-likeness (QED) is 0.307. The number of nitrogens with one attached hydrogen (secondary N) is 1. The first kappa shape index (κ1) is 26.1. The van der Waals surface area contributed by atoms with Gasteiger partial charge in [0.2, 0.25) is 11.8 Å². The van der Waals surface area contributed by atoms with Gasteiger partial charge < -0.3 is 10.2 Å². The number of thioether (sulfide) groups is 1. The Kier molecular flexibility index (Phi) is 10.3. The highest BCUT2D eigenvalue weighted by atomic mass is 35.5. The largest absolute Gasteiger partial charge is 0.354 e. The third-order valence-corrected chi connectivity index (χ3v) is 6.72. The minimum Gasteiger partial charge on any atom is -0.354 e. The Hall–Kier alpha value is -2.47. The first-order valence-electron chi connectivity index (χ1n) is 11.2. The number of amides is 2. The smallest absolute Gasteiger partial charge is 0.243 e. The van der Waals surface area contributed by atoms with Crippen LogP contribution in [0, 0.1) is 0 Å². The number of carbonyl (C=O) groups excluding carboxylic acids is 2. The standard InChI is InChI=1S/C27H28Cl2N2O2S/c1-2-15-30-27(33)25(17-20-7-4-3-5-8-20)31(18-21-9-6-10-23(29)16-21)26(32)19-34-24-13-11-22(28)12-14-24/h3-14,16,25H,2,15,17-19H2,1H3,(H,30,33)/t25-/m0/s1. The maximum absolute atomic E-state index is 13.5. The molecule has 178 valence electrons. The van der Waals surface area contributed by atoms with Gasteiger partial charge in [0.15, 0.2) is 0 Å². The summed E-state index contributed by atoms with van der Waals surface area (Å²) < 4.78 is 0. The Labute approximate surface area is 215 Å². The molecule has 0 radical (unpaired) electrons. The fraction of sp³-hybridized carbons (Fsp3) is 0.259. The number of hydrogen-bond acceptors (Lipinski definition) is 3. The third-order valence-electron chi connectivity index (χ3n) is 5.24. The SMILES string of the molecule is CCCNC(=O)[C@H](Cc1ccccc1)N(Cc1cccc(Cl)c1)C(=O)CSc1ccc(Cl)cc1. The predicted molar refractivity (Wildman–Crippen MR) is 141 cm³/mol. The first-order chi connectivity index (χ1) is 16.5. The average molecular weight is 516 g/mol. The molecule has 0 unspecified atom stereocenters. The van der Waals surface area contributed by atoms with Crippen LogP contribution in [0.25, 0.3) is 0 Å². The first-order valence-corrected chi connectivity index (χ1v) is 12.9. The molecule has 4 nitrogen and oxygen atoms in total. The number of nitrogens with zero attached hydrogens (tertiary/aromatic N) is 1. The zero-order valence-electron chi connectivity index (χ0n) is 19.0. The van der Waals surface area contributed by atoms with Crippen LogP contribution in [0.4, 0.5) is 0 Å². The van der Waals surface area contributed by atoms with Crippen molar-refractivity contribution in [3.8, 4) is 0 Å². The van der Waals surface area contributed by atoms with Crippen LogP contribution in [-0.2, 0) is 22.6 Å². The van der Waals surface area contributed by atoms with Gasteiger partial charge in [-0.05, 0) is 53.9 Å². The zero-order valence-corrected chi connectivity index (χ0v) is 21.4. The Morgan fingerprint density at radius 2 is 1.62 bits per heavy atom. The number of halogens is 2. The van der Waals surface area contributed by atoms with E-state index in [4.69, 9.17) is 23.2 Å². The van der Waals surface area contributed by atoms with Gasteiger partial charge in [-0.25, -0.2) is 0 Å². The van der Waals surface area contributed by atoms with E-state index < -0.39 is 6.04 Å². The molecule has 0 saturated heterocycles. The summed E-state index contributed by atoms with van der Waals surface area (Å²) in [5.41, 5.74) is 1.87. The summed E-state index contributed by atoms with van der Waals surface area (Å²) in [5, 5.41) is 4.22. The number of hydrogen-bond donors (Lipinski definition) is 1. The van der Waals surface area contributed by atoms with Crippen LogP contribution in [0.15, 0.2) is 83.8 Å². The lowest BCUT2D eigenvalue weighted by molar-refractivity contribution is -0.139. The lowest BCUT2D eigenvalue weighted by Crippen LogP contribution is -2.51. The van der Waals surface area contributed by atoms with E-state index in [1.165, 1.54) is 11.8 Å². The minimum absolute atomic E-state index is 0.118. The topological polar surface area (TPSA) is 49.4 Å². The molecular weight excluding hydrogens is 487 g/mol. The summed E-state index contributed by atoms with van der Waals surface area (Å²) in [5.74, 6) is -0.0702. The van der Waals surface area contributed by atoms with Crippen molar-refractivity contribution in [3.05, 3.63) is 100 Å². The monoisotopic (exact) mass is 514 g/mol. The van der Waals surface area contributed by atoms with E-state index in [1.54, 1.807) is 23.1 Å². The average Bonchev–Trinajstić information content (AvgIpc) is 2.85. The fourth-order valence-electron chi connectivity index (χ4n) is 3.51. The molecule has 34 heavy (non-hydrogen) atoms. The van der Waals surface area contributed by atoms with E-state index in [0.717, 1.165) is 22.4 Å². The second-order valence-corrected chi connectivity index (χ2v) is 9.81. The van der Waals surface area contributed by atoms with Gasteiger partial charge in [-0.2, -0.15) is 0 Å². The van der Waals surface area contributed by atoms with E-state index in [1.807, 2.05) is 67.6 Å². The summed E-state index contributed by atoms with van der Waals surface area (Å²) >= 11 is 13.6. The van der Waals surface area contributed by atoms with Gasteiger partial charge in [0, 0.05) is 34.5 Å². The molecule has 7 heteroatoms. The summed E-state index contributed by atoms with van der Waals surface area (Å²) in [6.07, 6.45) is 1.24. The van der Waals surface area contributed by atoms with Crippen molar-refractivity contribution in [1.29, 1.82) is 0 Å². The maximum atomic E-state index is 13.5. The third kappa shape index (κ3) is 8.08. The van der Waals surface area contributed by atoms with Gasteiger partial charge in [-0.15, -0.1) is 11.8 Å². The molecule has 0 aliphatic carbocycles. The van der Waals surface area contributed by atoms with Crippen LogP contribution in [0.5, 0.6) is 0 Å². The Morgan fingerprint density at radius 3 is 2.29 bits per heavy atom. The highest BCUT2D eigenvalue weighted by Gasteiger charge is 2.30. The van der Waals surface area contributed by atoms with Crippen LogP contribution < -0.4 is 5.32 Å². The van der Waals surface area contributed by atoms with Crippen molar-refractivity contribution in [1.82, 2.24) is 10.2 Å². The van der Waals surface area contributed by atoms with E-state index in [-0.39, 0.29) is 24.1 Å². The molecule has 0 aromatic heterocycles. The predicted octanol–water partition coefficient (Wildman–Crippen LogP) is 6.25. The van der Waals surface area contributed by atoms with E-state index in [9.17, 15) is 9.59 Å². The second kappa shape index (κ2) is 13.4. The number of rotatable bonds is 11. The summed E-state index contributed by atoms with van der Waals surface area (Å²) in [7, 11) is 0. The van der Waals surface area contributed by atoms with Crippen molar-refractivity contribution in [2.45, 2.75) is 37.2 Å². The van der Waals surface area contributed by atoms with Crippen molar-refractivity contribution in [2.24, 2.45) is 0 Å². The van der Waals surface area contributed by atoms with Gasteiger partial charge in [-0.3, -0.25) is 9.59 Å². The molecule has 1 atom stereocenters. The molecule has 0 aliphatic heterocycles. The van der Waals surface area contributed by atoms with E-state index >= 15 is 0 Å². The molecule has 0 bridgehead atoms. The van der Waals surface area contributed by atoms with Crippen LogP contribution in [-0.4, -0.2) is 35.1 Å². The van der Waals surface area contributed by atoms with E-state index in [2.05, 4.69) is 5.32 Å². The fourth-order valence-corrected chi connectivity index (χ4v) is 4.63. The van der Waals surface area contributed by atoms with Gasteiger partial charge in [-0.1, -0.05) is 72.6 Å². The molecule has 0 fully saturated rings. The van der Waals surface area contributed by atoms with Crippen LogP contribution in [0.3, 0.4) is 0 Å². The molecule has 3 aromatic carbocycles. The van der Waals surface area contributed by atoms with Gasteiger partial charge >= 0.3 is 0 Å². The number of benzene rings is 3. The van der Waals surface area contributed by atoms with Crippen LogP contribution >= 0.6 is 35.0 Å². The summed E-state index contributed by atoms with van der Waals surface area (Å²) in [6.45, 7) is 2.85. The summed E-state index contributed by atoms with van der Waals surface area (Å²) in [6, 6.07) is 23.9. The van der Waals surface area contributed by atoms with Crippen molar-refractivity contribution >= 4 is 46.8 Å².